The van der Waals surface area contributed by atoms with E-state index in [1.807, 2.05) is 6.92 Å². The summed E-state index contributed by atoms with van der Waals surface area (Å²) < 4.78 is 61.2. The van der Waals surface area contributed by atoms with Gasteiger partial charge in [-0.3, -0.25) is 4.99 Å². The van der Waals surface area contributed by atoms with Gasteiger partial charge >= 0.3 is 15.5 Å². The van der Waals surface area contributed by atoms with E-state index in [1.165, 1.54) is 10.5 Å². The topological polar surface area (TPSA) is 73.8 Å². The van der Waals surface area contributed by atoms with Crippen LogP contribution in [-0.4, -0.2) is 62.7 Å². The maximum atomic E-state index is 12.6. The molecule has 12 heteroatoms. The van der Waals surface area contributed by atoms with Crippen molar-refractivity contribution in [2.45, 2.75) is 36.2 Å². The summed E-state index contributed by atoms with van der Waals surface area (Å²) in [5.41, 5.74) is -4.04. The molecule has 1 aliphatic heterocycles. The van der Waals surface area contributed by atoms with Gasteiger partial charge in [0, 0.05) is 43.4 Å². The molecule has 166 valence electrons. The molecule has 0 amide bonds. The van der Waals surface area contributed by atoms with E-state index < -0.39 is 15.5 Å². The quantitative estimate of drug-likeness (QED) is 0.182. The number of hydrogen-bond acceptors (Lipinski definition) is 4. The van der Waals surface area contributed by atoms with Gasteiger partial charge in [0.2, 0.25) is 0 Å². The number of thioether (sulfide) groups is 1. The number of piperidine rings is 1. The predicted molar refractivity (Wildman–Crippen MR) is 121 cm³/mol. The summed E-state index contributed by atoms with van der Waals surface area (Å²) in [5.74, 6) is 1.38. The zero-order valence-corrected chi connectivity index (χ0v) is 20.2. The van der Waals surface area contributed by atoms with Crippen molar-refractivity contribution in [1.82, 2.24) is 14.9 Å². The van der Waals surface area contributed by atoms with Crippen molar-refractivity contribution in [2.24, 2.45) is 4.99 Å². The molecular weight excluding hydrogens is 540 g/mol. The smallest absolute Gasteiger partial charge is 0.356 e. The average Bonchev–Trinajstić information content (AvgIpc) is 2.65. The second-order valence-electron chi connectivity index (χ2n) is 6.43. The highest BCUT2D eigenvalue weighted by Gasteiger charge is 2.50. The van der Waals surface area contributed by atoms with Gasteiger partial charge in [0.25, 0.3) is 0 Å². The maximum absolute atomic E-state index is 12.6. The van der Waals surface area contributed by atoms with Crippen molar-refractivity contribution >= 4 is 51.7 Å². The van der Waals surface area contributed by atoms with E-state index >= 15 is 0 Å². The van der Waals surface area contributed by atoms with Gasteiger partial charge in [0.05, 0.1) is 0 Å². The van der Waals surface area contributed by atoms with Crippen LogP contribution in [-0.2, 0) is 10.0 Å². The summed E-state index contributed by atoms with van der Waals surface area (Å²) in [6, 6.07) is 8.12. The number of aryl methyl sites for hydroxylation is 1. The van der Waals surface area contributed by atoms with Crippen LogP contribution < -0.4 is 10.6 Å². The van der Waals surface area contributed by atoms with Gasteiger partial charge in [-0.1, -0.05) is 17.7 Å². The molecule has 2 N–H and O–H groups in total. The highest BCUT2D eigenvalue weighted by Crippen LogP contribution is 2.28. The largest absolute Gasteiger partial charge is 0.511 e. The van der Waals surface area contributed by atoms with Crippen LogP contribution >= 0.6 is 35.7 Å². The number of hydrogen-bond donors (Lipinski definition) is 2. The molecule has 1 aliphatic rings. The second-order valence-corrected chi connectivity index (χ2v) is 9.53. The molecule has 29 heavy (non-hydrogen) atoms. The van der Waals surface area contributed by atoms with Crippen LogP contribution in [0.15, 0.2) is 34.2 Å². The lowest BCUT2D eigenvalue weighted by molar-refractivity contribution is -0.0494. The molecule has 1 heterocycles. The summed E-state index contributed by atoms with van der Waals surface area (Å²) in [7, 11) is -3.63. The summed E-state index contributed by atoms with van der Waals surface area (Å²) in [6.45, 7) is 2.37. The van der Waals surface area contributed by atoms with Crippen molar-refractivity contribution in [2.75, 3.05) is 32.4 Å². The van der Waals surface area contributed by atoms with Crippen LogP contribution in [0.3, 0.4) is 0 Å². The minimum Gasteiger partial charge on any atom is -0.356 e. The van der Waals surface area contributed by atoms with Crippen LogP contribution in [0.2, 0.25) is 0 Å². The summed E-state index contributed by atoms with van der Waals surface area (Å²) in [6.07, 6.45) is 0.572. The van der Waals surface area contributed by atoms with E-state index in [0.717, 1.165) is 5.75 Å². The number of nitrogens with one attached hydrogen (secondary N) is 2. The molecule has 1 fully saturated rings. The summed E-state index contributed by atoms with van der Waals surface area (Å²) >= 11 is 1.71. The Hall–Kier alpha value is -0.730. The standard InChI is InChI=1S/C17H25F3N4O2S2.HI/c1-13-3-5-15(6-4-13)27-12-9-22-16(21-2)23-14-7-10-24(11-8-14)28(25,26)17(18,19)20;/h3-6,14H,7-12H2,1-2H3,(H2,21,22,23);1H. The van der Waals surface area contributed by atoms with Crippen molar-refractivity contribution in [3.8, 4) is 0 Å². The number of alkyl halides is 3. The minimum absolute atomic E-state index is 0. The first kappa shape index (κ1) is 26.3. The lowest BCUT2D eigenvalue weighted by Crippen LogP contribution is -2.51. The Morgan fingerprint density at radius 1 is 1.24 bits per heavy atom. The molecule has 1 aromatic carbocycles. The zero-order valence-electron chi connectivity index (χ0n) is 16.2. The Balaban J connectivity index is 0.00000420. The summed E-state index contributed by atoms with van der Waals surface area (Å²) in [5, 5.41) is 6.32. The van der Waals surface area contributed by atoms with Gasteiger partial charge in [-0.15, -0.1) is 35.7 Å². The van der Waals surface area contributed by atoms with Gasteiger partial charge in [0.1, 0.15) is 0 Å². The molecule has 1 saturated heterocycles. The number of rotatable bonds is 6. The molecule has 0 saturated carbocycles. The van der Waals surface area contributed by atoms with E-state index in [2.05, 4.69) is 39.9 Å². The molecule has 0 radical (unpaired) electrons. The fourth-order valence-electron chi connectivity index (χ4n) is 2.75. The Bertz CT molecular complexity index is 766. The van der Waals surface area contributed by atoms with E-state index in [0.29, 0.717) is 16.8 Å². The third-order valence-corrected chi connectivity index (χ3v) is 6.98. The average molecular weight is 566 g/mol. The van der Waals surface area contributed by atoms with Crippen molar-refractivity contribution in [1.29, 1.82) is 0 Å². The SMILES string of the molecule is CN=C(NCCSc1ccc(C)cc1)NC1CCN(S(=O)(=O)C(F)(F)F)CC1.I. The number of guanidine groups is 1. The Morgan fingerprint density at radius 2 is 1.83 bits per heavy atom. The Morgan fingerprint density at radius 3 is 2.34 bits per heavy atom. The van der Waals surface area contributed by atoms with Crippen molar-refractivity contribution < 1.29 is 21.6 Å². The van der Waals surface area contributed by atoms with E-state index in [-0.39, 0.29) is 55.9 Å². The highest BCUT2D eigenvalue weighted by molar-refractivity contribution is 14.0. The first-order chi connectivity index (χ1) is 13.1. The van der Waals surface area contributed by atoms with E-state index in [9.17, 15) is 21.6 Å². The second kappa shape index (κ2) is 11.6. The fourth-order valence-corrected chi connectivity index (χ4v) is 4.50. The van der Waals surface area contributed by atoms with Crippen LogP contribution in [0.25, 0.3) is 0 Å². The lowest BCUT2D eigenvalue weighted by atomic mass is 10.1. The van der Waals surface area contributed by atoms with Gasteiger partial charge in [-0.2, -0.15) is 17.5 Å². The van der Waals surface area contributed by atoms with Crippen molar-refractivity contribution in [3.63, 3.8) is 0 Å². The fraction of sp³-hybridized carbons (Fsp3) is 0.588. The third-order valence-electron chi connectivity index (χ3n) is 4.34. The number of sulfonamides is 1. The number of benzene rings is 1. The predicted octanol–water partition coefficient (Wildman–Crippen LogP) is 3.18. The number of nitrogens with zero attached hydrogens (tertiary/aromatic N) is 2. The first-order valence-corrected chi connectivity index (χ1v) is 11.3. The van der Waals surface area contributed by atoms with Gasteiger partial charge < -0.3 is 10.6 Å². The van der Waals surface area contributed by atoms with Gasteiger partial charge in [-0.05, 0) is 31.9 Å². The molecule has 1 aromatic rings. The summed E-state index contributed by atoms with van der Waals surface area (Å²) in [4.78, 5) is 5.29. The van der Waals surface area contributed by atoms with Crippen LogP contribution in [0.4, 0.5) is 13.2 Å². The van der Waals surface area contributed by atoms with Gasteiger partial charge in [-0.25, -0.2) is 8.42 Å². The van der Waals surface area contributed by atoms with Crippen LogP contribution in [0, 0.1) is 6.92 Å². The minimum atomic E-state index is -5.25. The number of halogens is 4. The monoisotopic (exact) mass is 566 g/mol. The number of aliphatic imine (C=N–C) groups is 1. The molecule has 0 unspecified atom stereocenters. The molecule has 0 aliphatic carbocycles. The van der Waals surface area contributed by atoms with Gasteiger partial charge in [0.15, 0.2) is 5.96 Å². The molecule has 0 spiro atoms. The maximum Gasteiger partial charge on any atom is 0.511 e. The Labute approximate surface area is 191 Å². The lowest BCUT2D eigenvalue weighted by Gasteiger charge is -2.32. The van der Waals surface area contributed by atoms with E-state index in [1.54, 1.807) is 18.8 Å². The molecular formula is C17H26F3IN4O2S2. The van der Waals surface area contributed by atoms with Crippen LogP contribution in [0.5, 0.6) is 0 Å². The zero-order chi connectivity index (χ0) is 20.8. The molecule has 0 atom stereocenters. The molecule has 2 rings (SSSR count). The van der Waals surface area contributed by atoms with Crippen LogP contribution in [0.1, 0.15) is 18.4 Å². The Kier molecular flexibility index (Phi) is 10.5. The molecule has 0 aromatic heterocycles. The normalized spacial score (nSPS) is 16.9. The third kappa shape index (κ3) is 7.79. The molecule has 6 nitrogen and oxygen atoms in total. The van der Waals surface area contributed by atoms with E-state index in [4.69, 9.17) is 0 Å². The van der Waals surface area contributed by atoms with Crippen molar-refractivity contribution in [3.05, 3.63) is 29.8 Å². The first-order valence-electron chi connectivity index (χ1n) is 8.86. The molecule has 0 bridgehead atoms. The highest BCUT2D eigenvalue weighted by atomic mass is 127.